The van der Waals surface area contributed by atoms with Gasteiger partial charge in [-0.2, -0.15) is 0 Å². The Labute approximate surface area is 103 Å². The number of carbonyl (C=O) groups excluding carboxylic acids is 1. The summed E-state index contributed by atoms with van der Waals surface area (Å²) in [6.07, 6.45) is 3.11. The molecule has 3 nitrogen and oxygen atoms in total. The molecule has 0 spiro atoms. The first-order valence-electron chi connectivity index (χ1n) is 4.93. The maximum absolute atomic E-state index is 10.6. The molecule has 0 radical (unpaired) electrons. The third-order valence-electron chi connectivity index (χ3n) is 1.76. The molecule has 0 bridgehead atoms. The van der Waals surface area contributed by atoms with E-state index >= 15 is 0 Å². The van der Waals surface area contributed by atoms with Crippen molar-refractivity contribution < 1.29 is 9.53 Å². The molecule has 0 heterocycles. The number of benzene rings is 1. The number of hydrogen-bond acceptors (Lipinski definition) is 2. The molecule has 0 saturated heterocycles. The molecule has 0 unspecified atom stereocenters. The highest BCUT2D eigenvalue weighted by atomic mass is 79.9. The van der Waals surface area contributed by atoms with E-state index in [9.17, 15) is 4.79 Å². The van der Waals surface area contributed by atoms with Crippen LogP contribution in [0, 0.1) is 0 Å². The normalized spacial score (nSPS) is 11.0. The molecule has 0 aliphatic rings. The molecule has 0 atom stereocenters. The number of carbonyl (C=O) groups is 1. The lowest BCUT2D eigenvalue weighted by atomic mass is 10.2. The molecular formula is C12H14BrNO2. The largest absolute Gasteiger partial charge is 0.490 e. The van der Waals surface area contributed by atoms with Gasteiger partial charge in [0.2, 0.25) is 5.91 Å². The molecule has 1 aromatic carbocycles. The summed E-state index contributed by atoms with van der Waals surface area (Å²) in [6.45, 7) is 3.93. The van der Waals surface area contributed by atoms with E-state index in [-0.39, 0.29) is 6.10 Å². The molecule has 4 heteroatoms. The zero-order valence-electron chi connectivity index (χ0n) is 9.24. The van der Waals surface area contributed by atoms with E-state index in [1.165, 1.54) is 6.08 Å². The third kappa shape index (κ3) is 4.06. The second-order valence-corrected chi connectivity index (χ2v) is 4.45. The highest BCUT2D eigenvalue weighted by Crippen LogP contribution is 2.27. The Bertz CT molecular complexity index is 413. The summed E-state index contributed by atoms with van der Waals surface area (Å²) in [5.41, 5.74) is 5.90. The maximum Gasteiger partial charge on any atom is 0.241 e. The van der Waals surface area contributed by atoms with E-state index in [2.05, 4.69) is 15.9 Å². The van der Waals surface area contributed by atoms with E-state index in [0.29, 0.717) is 0 Å². The molecule has 86 valence electrons. The molecule has 0 aromatic heterocycles. The van der Waals surface area contributed by atoms with E-state index in [4.69, 9.17) is 10.5 Å². The summed E-state index contributed by atoms with van der Waals surface area (Å²) < 4.78 is 6.42. The molecular weight excluding hydrogens is 270 g/mol. The van der Waals surface area contributed by atoms with Gasteiger partial charge in [-0.15, -0.1) is 0 Å². The Hall–Kier alpha value is -1.29. The highest BCUT2D eigenvalue weighted by Gasteiger charge is 2.03. The van der Waals surface area contributed by atoms with E-state index in [1.54, 1.807) is 6.08 Å². The smallest absolute Gasteiger partial charge is 0.241 e. The molecule has 2 N–H and O–H groups in total. The predicted octanol–water partition coefficient (Wildman–Crippen LogP) is 2.73. The second-order valence-electron chi connectivity index (χ2n) is 3.59. The van der Waals surface area contributed by atoms with Gasteiger partial charge in [0.1, 0.15) is 5.75 Å². The zero-order valence-corrected chi connectivity index (χ0v) is 10.8. The fourth-order valence-electron chi connectivity index (χ4n) is 1.15. The number of nitrogens with two attached hydrogens (primary N) is 1. The first kappa shape index (κ1) is 12.8. The number of hydrogen-bond donors (Lipinski definition) is 1. The number of primary amides is 1. The van der Waals surface area contributed by atoms with Crippen LogP contribution in [-0.2, 0) is 4.79 Å². The fourth-order valence-corrected chi connectivity index (χ4v) is 1.64. The number of amides is 1. The van der Waals surface area contributed by atoms with Gasteiger partial charge < -0.3 is 10.5 Å². The Morgan fingerprint density at radius 3 is 2.69 bits per heavy atom. The summed E-state index contributed by atoms with van der Waals surface area (Å²) in [5.74, 6) is 0.324. The topological polar surface area (TPSA) is 52.3 Å². The van der Waals surface area contributed by atoms with Gasteiger partial charge >= 0.3 is 0 Å². The first-order chi connectivity index (χ1) is 7.49. The number of ether oxygens (including phenoxy) is 1. The van der Waals surface area contributed by atoms with E-state index in [1.807, 2.05) is 32.0 Å². The van der Waals surface area contributed by atoms with Gasteiger partial charge in [0.15, 0.2) is 0 Å². The molecule has 0 saturated carbocycles. The van der Waals surface area contributed by atoms with E-state index in [0.717, 1.165) is 15.8 Å². The van der Waals surface area contributed by atoms with Crippen LogP contribution in [0.1, 0.15) is 19.4 Å². The number of halogens is 1. The standard InChI is InChI=1S/C12H14BrNO2/c1-8(2)16-11-5-3-9(7-10(11)13)4-6-12(14)15/h3-8H,1-2H3,(H2,14,15)/b6-4-. The summed E-state index contributed by atoms with van der Waals surface area (Å²) in [7, 11) is 0. The minimum absolute atomic E-state index is 0.128. The highest BCUT2D eigenvalue weighted by molar-refractivity contribution is 9.10. The minimum atomic E-state index is -0.460. The van der Waals surface area contributed by atoms with Crippen molar-refractivity contribution in [2.24, 2.45) is 5.73 Å². The summed E-state index contributed by atoms with van der Waals surface area (Å²) in [6, 6.07) is 5.59. The number of rotatable bonds is 4. The van der Waals surface area contributed by atoms with Crippen LogP contribution in [-0.4, -0.2) is 12.0 Å². The van der Waals surface area contributed by atoms with Crippen molar-refractivity contribution in [3.8, 4) is 5.75 Å². The van der Waals surface area contributed by atoms with Crippen molar-refractivity contribution in [3.05, 3.63) is 34.3 Å². The van der Waals surface area contributed by atoms with Crippen molar-refractivity contribution in [2.75, 3.05) is 0 Å². The quantitative estimate of drug-likeness (QED) is 0.864. The van der Waals surface area contributed by atoms with Crippen LogP contribution in [0.4, 0.5) is 0 Å². The lowest BCUT2D eigenvalue weighted by Crippen LogP contribution is -2.06. The van der Waals surface area contributed by atoms with Crippen LogP contribution in [0.2, 0.25) is 0 Å². The summed E-state index contributed by atoms with van der Waals surface area (Å²) in [5, 5.41) is 0. The molecule has 1 aromatic rings. The summed E-state index contributed by atoms with van der Waals surface area (Å²) >= 11 is 3.41. The average Bonchev–Trinajstić information content (AvgIpc) is 2.18. The monoisotopic (exact) mass is 283 g/mol. The molecule has 1 rings (SSSR count). The van der Waals surface area contributed by atoms with Gasteiger partial charge in [0.25, 0.3) is 0 Å². The Balaban J connectivity index is 2.86. The molecule has 16 heavy (non-hydrogen) atoms. The van der Waals surface area contributed by atoms with Gasteiger partial charge in [-0.25, -0.2) is 0 Å². The second kappa shape index (κ2) is 5.70. The van der Waals surface area contributed by atoms with Gasteiger partial charge in [-0.3, -0.25) is 4.79 Å². The minimum Gasteiger partial charge on any atom is -0.490 e. The predicted molar refractivity (Wildman–Crippen MR) is 68.1 cm³/mol. The molecule has 1 amide bonds. The maximum atomic E-state index is 10.6. The first-order valence-corrected chi connectivity index (χ1v) is 5.72. The SMILES string of the molecule is CC(C)Oc1ccc(/C=C\C(N)=O)cc1Br. The van der Waals surface area contributed by atoms with Crippen LogP contribution in [0.25, 0.3) is 6.08 Å². The Kier molecular flexibility index (Phi) is 4.55. The van der Waals surface area contributed by atoms with Crippen molar-refractivity contribution in [1.82, 2.24) is 0 Å². The van der Waals surface area contributed by atoms with Gasteiger partial charge in [0, 0.05) is 6.08 Å². The lowest BCUT2D eigenvalue weighted by Gasteiger charge is -2.11. The van der Waals surface area contributed by atoms with E-state index < -0.39 is 5.91 Å². The molecule has 0 aliphatic carbocycles. The summed E-state index contributed by atoms with van der Waals surface area (Å²) in [4.78, 5) is 10.6. The van der Waals surface area contributed by atoms with Crippen LogP contribution in [0.15, 0.2) is 28.7 Å². The lowest BCUT2D eigenvalue weighted by molar-refractivity contribution is -0.113. The van der Waals surface area contributed by atoms with Gasteiger partial charge in [-0.05, 0) is 53.5 Å². The average molecular weight is 284 g/mol. The van der Waals surface area contributed by atoms with Crippen molar-refractivity contribution >= 4 is 27.9 Å². The molecule has 0 aliphatic heterocycles. The van der Waals surface area contributed by atoms with Crippen molar-refractivity contribution in [3.63, 3.8) is 0 Å². The third-order valence-corrected chi connectivity index (χ3v) is 2.38. The van der Waals surface area contributed by atoms with Crippen molar-refractivity contribution in [2.45, 2.75) is 20.0 Å². The van der Waals surface area contributed by atoms with Crippen molar-refractivity contribution in [1.29, 1.82) is 0 Å². The Morgan fingerprint density at radius 2 is 2.19 bits per heavy atom. The van der Waals surface area contributed by atoms with Crippen LogP contribution >= 0.6 is 15.9 Å². The Morgan fingerprint density at radius 1 is 1.50 bits per heavy atom. The van der Waals surface area contributed by atoms with Gasteiger partial charge in [-0.1, -0.05) is 6.07 Å². The van der Waals surface area contributed by atoms with Crippen LogP contribution in [0.5, 0.6) is 5.75 Å². The fraction of sp³-hybridized carbons (Fsp3) is 0.250. The van der Waals surface area contributed by atoms with Crippen LogP contribution in [0.3, 0.4) is 0 Å². The van der Waals surface area contributed by atoms with Crippen LogP contribution < -0.4 is 10.5 Å². The zero-order chi connectivity index (χ0) is 12.1. The molecule has 0 fully saturated rings. The van der Waals surface area contributed by atoms with Gasteiger partial charge in [0.05, 0.1) is 10.6 Å².